The molecule has 3 N–H and O–H groups in total. The molecule has 0 fully saturated rings. The molecule has 0 radical (unpaired) electrons. The number of aryl methyl sites for hydroxylation is 1. The topological polar surface area (TPSA) is 72.2 Å². The molecule has 0 aliphatic carbocycles. The number of sulfonamides is 1. The van der Waals surface area contributed by atoms with Crippen molar-refractivity contribution in [3.05, 3.63) is 52.6 Å². The Kier molecular flexibility index (Phi) is 4.06. The number of benzene rings is 2. The van der Waals surface area contributed by atoms with Gasteiger partial charge in [0, 0.05) is 0 Å². The summed E-state index contributed by atoms with van der Waals surface area (Å²) in [5.41, 5.74) is 5.60. The van der Waals surface area contributed by atoms with Crippen LogP contribution in [0.2, 0.25) is 5.02 Å². The molecular formula is C13H11ClF2N2O2S. The van der Waals surface area contributed by atoms with E-state index in [1.165, 1.54) is 12.1 Å². The average molecular weight is 333 g/mol. The van der Waals surface area contributed by atoms with Crippen LogP contribution in [-0.4, -0.2) is 8.42 Å². The van der Waals surface area contributed by atoms with Crippen LogP contribution < -0.4 is 10.5 Å². The molecule has 0 saturated carbocycles. The predicted octanol–water partition coefficient (Wildman–Crippen LogP) is 3.31. The lowest BCUT2D eigenvalue weighted by Gasteiger charge is -2.12. The second-order valence-corrected chi connectivity index (χ2v) is 6.43. The Morgan fingerprint density at radius 1 is 1.19 bits per heavy atom. The zero-order valence-electron chi connectivity index (χ0n) is 10.8. The van der Waals surface area contributed by atoms with Gasteiger partial charge in [0.05, 0.1) is 16.4 Å². The third kappa shape index (κ3) is 3.25. The van der Waals surface area contributed by atoms with Gasteiger partial charge in [0.1, 0.15) is 16.5 Å². The van der Waals surface area contributed by atoms with Crippen LogP contribution in [0, 0.1) is 18.6 Å². The Balaban J connectivity index is 2.46. The summed E-state index contributed by atoms with van der Waals surface area (Å²) in [5.74, 6) is -1.29. The number of nitrogens with two attached hydrogens (primary N) is 1. The molecule has 112 valence electrons. The van der Waals surface area contributed by atoms with Gasteiger partial charge in [-0.1, -0.05) is 11.6 Å². The zero-order chi connectivity index (χ0) is 15.8. The van der Waals surface area contributed by atoms with Crippen LogP contribution in [0.3, 0.4) is 0 Å². The van der Waals surface area contributed by atoms with Crippen molar-refractivity contribution in [3.8, 4) is 0 Å². The van der Waals surface area contributed by atoms with Gasteiger partial charge in [-0.05, 0) is 42.8 Å². The number of halogens is 3. The number of nitrogen functional groups attached to an aromatic ring is 1. The number of nitrogens with one attached hydrogen (secondary N) is 1. The van der Waals surface area contributed by atoms with E-state index < -0.39 is 21.7 Å². The first-order chi connectivity index (χ1) is 9.70. The quantitative estimate of drug-likeness (QED) is 0.847. The van der Waals surface area contributed by atoms with E-state index in [1.54, 1.807) is 6.92 Å². The second-order valence-electron chi connectivity index (χ2n) is 4.37. The highest BCUT2D eigenvalue weighted by Gasteiger charge is 2.21. The van der Waals surface area contributed by atoms with Gasteiger partial charge in [0.2, 0.25) is 0 Å². The van der Waals surface area contributed by atoms with Crippen molar-refractivity contribution in [2.45, 2.75) is 11.8 Å². The first kappa shape index (κ1) is 15.5. The molecule has 8 heteroatoms. The van der Waals surface area contributed by atoms with Crippen LogP contribution in [0.4, 0.5) is 20.2 Å². The standard InChI is InChI=1S/C13H11ClF2N2O2S/c1-7-4-8(15)2-3-12(7)18-21(19,20)13-6-11(17)10(16)5-9(13)14/h2-6,18H,17H2,1H3. The Morgan fingerprint density at radius 3 is 2.48 bits per heavy atom. The van der Waals surface area contributed by atoms with Crippen LogP contribution in [0.25, 0.3) is 0 Å². The van der Waals surface area contributed by atoms with Crippen molar-refractivity contribution in [1.29, 1.82) is 0 Å². The third-order valence-corrected chi connectivity index (χ3v) is 4.60. The highest BCUT2D eigenvalue weighted by Crippen LogP contribution is 2.28. The van der Waals surface area contributed by atoms with Gasteiger partial charge in [0.15, 0.2) is 0 Å². The molecule has 2 rings (SSSR count). The highest BCUT2D eigenvalue weighted by atomic mass is 35.5. The van der Waals surface area contributed by atoms with E-state index in [0.29, 0.717) is 5.56 Å². The van der Waals surface area contributed by atoms with E-state index in [2.05, 4.69) is 4.72 Å². The van der Waals surface area contributed by atoms with Crippen LogP contribution in [-0.2, 0) is 10.0 Å². The van der Waals surface area contributed by atoms with Gasteiger partial charge < -0.3 is 5.73 Å². The zero-order valence-corrected chi connectivity index (χ0v) is 12.4. The van der Waals surface area contributed by atoms with E-state index in [9.17, 15) is 17.2 Å². The fourth-order valence-corrected chi connectivity index (χ4v) is 3.37. The molecule has 0 amide bonds. The van der Waals surface area contributed by atoms with E-state index in [1.807, 2.05) is 0 Å². The molecule has 2 aromatic rings. The van der Waals surface area contributed by atoms with Crippen molar-refractivity contribution in [3.63, 3.8) is 0 Å². The summed E-state index contributed by atoms with van der Waals surface area (Å²) in [7, 11) is -4.07. The summed E-state index contributed by atoms with van der Waals surface area (Å²) in [6.45, 7) is 1.54. The van der Waals surface area contributed by atoms with Gasteiger partial charge in [0.25, 0.3) is 10.0 Å². The van der Waals surface area contributed by atoms with Crippen LogP contribution >= 0.6 is 11.6 Å². The monoisotopic (exact) mass is 332 g/mol. The maximum atomic E-state index is 13.2. The van der Waals surface area contributed by atoms with Crippen molar-refractivity contribution < 1.29 is 17.2 Å². The molecule has 0 bridgehead atoms. The fourth-order valence-electron chi connectivity index (χ4n) is 1.69. The van der Waals surface area contributed by atoms with E-state index in [4.69, 9.17) is 17.3 Å². The number of anilines is 2. The molecule has 0 saturated heterocycles. The lowest BCUT2D eigenvalue weighted by Crippen LogP contribution is -2.15. The maximum absolute atomic E-state index is 13.2. The Hall–Kier alpha value is -1.86. The largest absolute Gasteiger partial charge is 0.396 e. The van der Waals surface area contributed by atoms with Crippen LogP contribution in [0.1, 0.15) is 5.56 Å². The highest BCUT2D eigenvalue weighted by molar-refractivity contribution is 7.92. The number of hydrogen-bond donors (Lipinski definition) is 2. The molecule has 0 aliphatic rings. The smallest absolute Gasteiger partial charge is 0.263 e. The van der Waals surface area contributed by atoms with Gasteiger partial charge in [-0.3, -0.25) is 4.72 Å². The molecule has 21 heavy (non-hydrogen) atoms. The van der Waals surface area contributed by atoms with Crippen molar-refractivity contribution >= 4 is 33.0 Å². The summed E-state index contributed by atoms with van der Waals surface area (Å²) in [6, 6.07) is 5.33. The average Bonchev–Trinajstić information content (AvgIpc) is 2.37. The van der Waals surface area contributed by atoms with Crippen molar-refractivity contribution in [2.24, 2.45) is 0 Å². The SMILES string of the molecule is Cc1cc(F)ccc1NS(=O)(=O)c1cc(N)c(F)cc1Cl. The Labute approximate surface area is 125 Å². The molecule has 2 aromatic carbocycles. The molecule has 0 unspecified atom stereocenters. The fraction of sp³-hybridized carbons (Fsp3) is 0.0769. The maximum Gasteiger partial charge on any atom is 0.263 e. The normalized spacial score (nSPS) is 11.4. The van der Waals surface area contributed by atoms with E-state index in [0.717, 1.165) is 18.2 Å². The van der Waals surface area contributed by atoms with Gasteiger partial charge in [-0.25, -0.2) is 17.2 Å². The number of hydrogen-bond acceptors (Lipinski definition) is 3. The Morgan fingerprint density at radius 2 is 1.86 bits per heavy atom. The molecule has 0 heterocycles. The van der Waals surface area contributed by atoms with E-state index in [-0.39, 0.29) is 21.3 Å². The number of rotatable bonds is 3. The first-order valence-electron chi connectivity index (χ1n) is 5.74. The Bertz CT molecular complexity index is 810. The van der Waals surface area contributed by atoms with Gasteiger partial charge in [-0.15, -0.1) is 0 Å². The lowest BCUT2D eigenvalue weighted by atomic mass is 10.2. The minimum absolute atomic E-state index is 0.190. The minimum atomic E-state index is -4.07. The molecule has 0 atom stereocenters. The van der Waals surface area contributed by atoms with Gasteiger partial charge in [-0.2, -0.15) is 0 Å². The summed E-state index contributed by atoms with van der Waals surface area (Å²) >= 11 is 5.74. The molecule has 0 aliphatic heterocycles. The van der Waals surface area contributed by atoms with Gasteiger partial charge >= 0.3 is 0 Å². The molecular weight excluding hydrogens is 322 g/mol. The lowest BCUT2D eigenvalue weighted by molar-refractivity contribution is 0.600. The van der Waals surface area contributed by atoms with Crippen molar-refractivity contribution in [2.75, 3.05) is 10.5 Å². The third-order valence-electron chi connectivity index (χ3n) is 2.77. The van der Waals surface area contributed by atoms with E-state index >= 15 is 0 Å². The van der Waals surface area contributed by atoms with Crippen LogP contribution in [0.15, 0.2) is 35.2 Å². The second kappa shape index (κ2) is 5.50. The predicted molar refractivity (Wildman–Crippen MR) is 77.8 cm³/mol. The summed E-state index contributed by atoms with van der Waals surface area (Å²) in [4.78, 5) is -0.355. The van der Waals surface area contributed by atoms with Crippen molar-refractivity contribution in [1.82, 2.24) is 0 Å². The summed E-state index contributed by atoms with van der Waals surface area (Å²) < 4.78 is 53.0. The first-order valence-corrected chi connectivity index (χ1v) is 7.60. The summed E-state index contributed by atoms with van der Waals surface area (Å²) in [5, 5.41) is -0.297. The molecule has 4 nitrogen and oxygen atoms in total. The minimum Gasteiger partial charge on any atom is -0.396 e. The van der Waals surface area contributed by atoms with Crippen LogP contribution in [0.5, 0.6) is 0 Å². The molecule has 0 aromatic heterocycles. The molecule has 0 spiro atoms. The summed E-state index contributed by atoms with van der Waals surface area (Å²) in [6.07, 6.45) is 0.